The molecule has 0 spiro atoms. The van der Waals surface area contributed by atoms with Gasteiger partial charge in [-0.15, -0.1) is 0 Å². The summed E-state index contributed by atoms with van der Waals surface area (Å²) in [5.41, 5.74) is 1.66. The number of phenolic OH excluding ortho intramolecular Hbond substituents is 2. The summed E-state index contributed by atoms with van der Waals surface area (Å²) >= 11 is 0. The quantitative estimate of drug-likeness (QED) is 0.239. The van der Waals surface area contributed by atoms with E-state index >= 15 is 0 Å². The number of hydrogen-bond acceptors (Lipinski definition) is 6. The lowest BCUT2D eigenvalue weighted by Gasteiger charge is -2.28. The Morgan fingerprint density at radius 1 is 0.500 bits per heavy atom. The van der Waals surface area contributed by atoms with Crippen LogP contribution in [0.3, 0.4) is 0 Å². The predicted octanol–water partition coefficient (Wildman–Crippen LogP) is 8.73. The number of rotatable bonds is 4. The summed E-state index contributed by atoms with van der Waals surface area (Å²) in [5.74, 6) is -0.387. The van der Waals surface area contributed by atoms with Gasteiger partial charge in [0.05, 0.1) is 11.1 Å². The second kappa shape index (κ2) is 11.1. The van der Waals surface area contributed by atoms with E-state index in [1.807, 2.05) is 83.1 Å². The summed E-state index contributed by atoms with van der Waals surface area (Å²) in [6.45, 7) is 23.7. The van der Waals surface area contributed by atoms with Gasteiger partial charge in [0, 0.05) is 28.3 Å². The Balaban J connectivity index is 1.93. The van der Waals surface area contributed by atoms with Crippen molar-refractivity contribution in [2.45, 2.75) is 105 Å². The average Bonchev–Trinajstić information content (AvgIpc) is 2.81. The maximum absolute atomic E-state index is 13.3. The second-order valence-corrected chi connectivity index (χ2v) is 15.1. The first-order chi connectivity index (χ1) is 19.0. The van der Waals surface area contributed by atoms with E-state index in [0.29, 0.717) is 33.4 Å². The van der Waals surface area contributed by atoms with Gasteiger partial charge in [0.15, 0.2) is 0 Å². The van der Waals surface area contributed by atoms with Gasteiger partial charge >= 0.3 is 11.9 Å². The zero-order chi connectivity index (χ0) is 32.0. The van der Waals surface area contributed by atoms with Crippen LogP contribution >= 0.6 is 0 Å². The number of benzene rings is 3. The van der Waals surface area contributed by atoms with E-state index in [4.69, 9.17) is 9.47 Å². The van der Waals surface area contributed by atoms with Gasteiger partial charge in [-0.25, -0.2) is 9.59 Å². The highest BCUT2D eigenvalue weighted by molar-refractivity contribution is 5.93. The molecule has 0 atom stereocenters. The monoisotopic (exact) mass is 574 g/mol. The Labute approximate surface area is 250 Å². The Bertz CT molecular complexity index is 1320. The maximum atomic E-state index is 13.3. The molecule has 0 unspecified atom stereocenters. The second-order valence-electron chi connectivity index (χ2n) is 15.1. The highest BCUT2D eigenvalue weighted by Gasteiger charge is 2.30. The summed E-state index contributed by atoms with van der Waals surface area (Å²) < 4.78 is 11.4. The molecule has 0 aliphatic heterocycles. The maximum Gasteiger partial charge on any atom is 0.343 e. The minimum atomic E-state index is -0.586. The molecule has 0 aliphatic rings. The van der Waals surface area contributed by atoms with Gasteiger partial charge < -0.3 is 19.7 Å². The summed E-state index contributed by atoms with van der Waals surface area (Å²) in [7, 11) is 0. The minimum Gasteiger partial charge on any atom is -0.507 e. The lowest BCUT2D eigenvalue weighted by molar-refractivity contribution is 0.0732. The molecule has 0 radical (unpaired) electrons. The van der Waals surface area contributed by atoms with Gasteiger partial charge in [-0.1, -0.05) is 89.2 Å². The fraction of sp³-hybridized carbons (Fsp3) is 0.444. The summed E-state index contributed by atoms with van der Waals surface area (Å²) in [6.07, 6.45) is 0. The summed E-state index contributed by atoms with van der Waals surface area (Å²) in [6, 6.07) is 13.0. The van der Waals surface area contributed by atoms with E-state index in [-0.39, 0.29) is 23.0 Å². The third kappa shape index (κ3) is 7.33. The van der Waals surface area contributed by atoms with Crippen LogP contribution in [0.5, 0.6) is 23.0 Å². The Morgan fingerprint density at radius 2 is 0.762 bits per heavy atom. The van der Waals surface area contributed by atoms with E-state index in [0.717, 1.165) is 0 Å². The molecule has 2 N–H and O–H groups in total. The van der Waals surface area contributed by atoms with E-state index < -0.39 is 33.6 Å². The molecule has 3 aromatic carbocycles. The molecule has 0 aromatic heterocycles. The first-order valence-electron chi connectivity index (χ1n) is 14.3. The number of ether oxygens (including phenoxy) is 2. The zero-order valence-corrected chi connectivity index (χ0v) is 27.1. The number of aromatic hydroxyl groups is 2. The number of esters is 2. The fourth-order valence-corrected chi connectivity index (χ4v) is 4.72. The van der Waals surface area contributed by atoms with Crippen molar-refractivity contribution in [3.05, 3.63) is 81.9 Å². The van der Waals surface area contributed by atoms with Crippen LogP contribution in [0.1, 0.15) is 126 Å². The van der Waals surface area contributed by atoms with E-state index in [9.17, 15) is 19.8 Å². The van der Waals surface area contributed by atoms with Crippen molar-refractivity contribution in [3.8, 4) is 23.0 Å². The first kappa shape index (κ1) is 32.7. The third-order valence-electron chi connectivity index (χ3n) is 7.15. The van der Waals surface area contributed by atoms with Crippen LogP contribution in [-0.2, 0) is 21.7 Å². The molecule has 0 saturated heterocycles. The van der Waals surface area contributed by atoms with Crippen LogP contribution < -0.4 is 9.47 Å². The zero-order valence-electron chi connectivity index (χ0n) is 27.1. The third-order valence-corrected chi connectivity index (χ3v) is 7.15. The molecule has 0 saturated carbocycles. The largest absolute Gasteiger partial charge is 0.507 e. The molecule has 0 amide bonds. The Hall–Kier alpha value is -3.80. The average molecular weight is 575 g/mol. The van der Waals surface area contributed by atoms with Crippen LogP contribution in [-0.4, -0.2) is 22.2 Å². The van der Waals surface area contributed by atoms with Crippen molar-refractivity contribution in [3.63, 3.8) is 0 Å². The van der Waals surface area contributed by atoms with Crippen molar-refractivity contribution in [2.75, 3.05) is 0 Å². The van der Waals surface area contributed by atoms with Crippen LogP contribution in [0, 0.1) is 0 Å². The van der Waals surface area contributed by atoms with E-state index in [1.165, 1.54) is 6.07 Å². The van der Waals surface area contributed by atoms with Gasteiger partial charge in [0.1, 0.15) is 23.0 Å². The molecule has 226 valence electrons. The molecule has 6 heteroatoms. The normalized spacial score (nSPS) is 12.7. The minimum absolute atomic E-state index is 0.180. The van der Waals surface area contributed by atoms with Crippen molar-refractivity contribution in [1.29, 1.82) is 0 Å². The molecule has 0 aliphatic carbocycles. The predicted molar refractivity (Wildman–Crippen MR) is 167 cm³/mol. The smallest absolute Gasteiger partial charge is 0.343 e. The van der Waals surface area contributed by atoms with Gasteiger partial charge in [0.25, 0.3) is 0 Å². The van der Waals surface area contributed by atoms with Crippen molar-refractivity contribution >= 4 is 11.9 Å². The van der Waals surface area contributed by atoms with Crippen LogP contribution in [0.2, 0.25) is 0 Å². The Morgan fingerprint density at radius 3 is 1.00 bits per heavy atom. The van der Waals surface area contributed by atoms with Gasteiger partial charge in [-0.05, 0) is 58.1 Å². The summed E-state index contributed by atoms with van der Waals surface area (Å²) in [4.78, 5) is 26.6. The molecule has 0 heterocycles. The molecule has 42 heavy (non-hydrogen) atoms. The van der Waals surface area contributed by atoms with Crippen LogP contribution in [0.25, 0.3) is 0 Å². The molecule has 3 rings (SSSR count). The summed E-state index contributed by atoms with van der Waals surface area (Å²) in [5, 5.41) is 22.0. The highest BCUT2D eigenvalue weighted by atomic mass is 16.5. The van der Waals surface area contributed by atoms with E-state index in [1.54, 1.807) is 42.5 Å². The lowest BCUT2D eigenvalue weighted by atomic mass is 9.78. The van der Waals surface area contributed by atoms with Crippen LogP contribution in [0.15, 0.2) is 48.5 Å². The number of phenols is 2. The molecular formula is C36H46O6. The molecule has 3 aromatic rings. The molecule has 6 nitrogen and oxygen atoms in total. The number of hydrogen-bond donors (Lipinski definition) is 2. The fourth-order valence-electron chi connectivity index (χ4n) is 4.72. The highest BCUT2D eigenvalue weighted by Crippen LogP contribution is 2.41. The SMILES string of the molecule is CC(C)(C)c1cc(C(=O)Oc2cccc(OC(=O)c3cc(C(C)(C)C)c(O)c(C(C)(C)C)c3)c2)cc(C(C)(C)C)c1O. The van der Waals surface area contributed by atoms with Gasteiger partial charge in [-0.2, -0.15) is 0 Å². The van der Waals surface area contributed by atoms with Gasteiger partial charge in [0.2, 0.25) is 0 Å². The van der Waals surface area contributed by atoms with Gasteiger partial charge in [-0.3, -0.25) is 0 Å². The lowest BCUT2D eigenvalue weighted by Crippen LogP contribution is -2.20. The number of carbonyl (C=O) groups is 2. The molecule has 0 bridgehead atoms. The van der Waals surface area contributed by atoms with Crippen molar-refractivity contribution in [1.82, 2.24) is 0 Å². The standard InChI is InChI=1S/C36H46O6/c1-33(2,3)25-16-21(17-26(29(25)37)34(4,5)6)31(39)41-23-14-13-15-24(20-23)42-32(40)22-18-27(35(7,8)9)30(38)28(19-22)36(10,11)12/h13-20,37-38H,1-12H3. The molecule has 0 fully saturated rings. The Kier molecular flexibility index (Phi) is 8.66. The number of carbonyl (C=O) groups excluding carboxylic acids is 2. The molecular weight excluding hydrogens is 528 g/mol. The topological polar surface area (TPSA) is 93.1 Å². The first-order valence-corrected chi connectivity index (χ1v) is 14.3. The van der Waals surface area contributed by atoms with E-state index in [2.05, 4.69) is 0 Å². The van der Waals surface area contributed by atoms with Crippen molar-refractivity contribution < 1.29 is 29.3 Å². The van der Waals surface area contributed by atoms with Crippen LogP contribution in [0.4, 0.5) is 0 Å². The van der Waals surface area contributed by atoms with Crippen molar-refractivity contribution in [2.24, 2.45) is 0 Å².